The van der Waals surface area contributed by atoms with Crippen LogP contribution in [-0.2, 0) is 4.74 Å². The summed E-state index contributed by atoms with van der Waals surface area (Å²) < 4.78 is 5.24. The van der Waals surface area contributed by atoms with Crippen LogP contribution in [0.2, 0.25) is 0 Å². The maximum Gasteiger partial charge on any atom is 0.0608 e. The highest BCUT2D eigenvalue weighted by Gasteiger charge is 2.20. The fourth-order valence-corrected chi connectivity index (χ4v) is 2.67. The number of aliphatic hydroxyl groups excluding tert-OH is 1. The highest BCUT2D eigenvalue weighted by Crippen LogP contribution is 2.18. The van der Waals surface area contributed by atoms with Gasteiger partial charge in [-0.15, -0.1) is 0 Å². The van der Waals surface area contributed by atoms with Gasteiger partial charge in [-0.3, -0.25) is 0 Å². The van der Waals surface area contributed by atoms with Gasteiger partial charge in [-0.05, 0) is 51.6 Å². The normalized spacial score (nSPS) is 25.0. The zero-order valence-corrected chi connectivity index (χ0v) is 12.0. The molecule has 2 atom stereocenters. The predicted octanol–water partition coefficient (Wildman–Crippen LogP) is 1.22. The number of hydrogen-bond acceptors (Lipinski definition) is 4. The molecule has 1 saturated heterocycles. The van der Waals surface area contributed by atoms with Crippen molar-refractivity contribution in [1.29, 1.82) is 0 Å². The molecule has 0 radical (unpaired) electrons. The van der Waals surface area contributed by atoms with Crippen LogP contribution >= 0.6 is 0 Å². The van der Waals surface area contributed by atoms with Crippen molar-refractivity contribution in [1.82, 2.24) is 4.90 Å². The molecule has 0 saturated carbocycles. The molecule has 1 aliphatic rings. The second-order valence-electron chi connectivity index (χ2n) is 6.03. The number of likely N-dealkylation sites (tertiary alicyclic amines) is 1. The van der Waals surface area contributed by atoms with Crippen LogP contribution in [0.3, 0.4) is 0 Å². The minimum absolute atomic E-state index is 0.0760. The van der Waals surface area contributed by atoms with E-state index in [2.05, 4.69) is 4.90 Å². The third-order valence-electron chi connectivity index (χ3n) is 3.84. The SMILES string of the molecule is COCC1CCCN(CCCCC(C)(N)CO)C1. The molecule has 0 bridgehead atoms. The maximum atomic E-state index is 9.09. The largest absolute Gasteiger partial charge is 0.394 e. The van der Waals surface area contributed by atoms with E-state index in [1.807, 2.05) is 6.92 Å². The van der Waals surface area contributed by atoms with Crippen LogP contribution in [0.1, 0.15) is 39.0 Å². The van der Waals surface area contributed by atoms with E-state index in [-0.39, 0.29) is 6.61 Å². The first-order chi connectivity index (χ1) is 8.57. The molecule has 4 heteroatoms. The van der Waals surface area contributed by atoms with E-state index < -0.39 is 5.54 Å². The highest BCUT2D eigenvalue weighted by molar-refractivity contribution is 4.77. The molecule has 108 valence electrons. The molecule has 1 aliphatic heterocycles. The van der Waals surface area contributed by atoms with Crippen LogP contribution in [0.5, 0.6) is 0 Å². The van der Waals surface area contributed by atoms with Gasteiger partial charge in [0.1, 0.15) is 0 Å². The summed E-state index contributed by atoms with van der Waals surface area (Å²) >= 11 is 0. The molecule has 0 aromatic heterocycles. The van der Waals surface area contributed by atoms with Gasteiger partial charge < -0.3 is 20.5 Å². The summed E-state index contributed by atoms with van der Waals surface area (Å²) in [4.78, 5) is 2.54. The lowest BCUT2D eigenvalue weighted by Gasteiger charge is -2.32. The van der Waals surface area contributed by atoms with Crippen molar-refractivity contribution in [3.63, 3.8) is 0 Å². The van der Waals surface area contributed by atoms with Gasteiger partial charge in [0.25, 0.3) is 0 Å². The Morgan fingerprint density at radius 1 is 1.44 bits per heavy atom. The van der Waals surface area contributed by atoms with Gasteiger partial charge in [0.05, 0.1) is 13.2 Å². The lowest BCUT2D eigenvalue weighted by molar-refractivity contribution is 0.0893. The van der Waals surface area contributed by atoms with Crippen LogP contribution in [0.4, 0.5) is 0 Å². The molecule has 0 aliphatic carbocycles. The van der Waals surface area contributed by atoms with Crippen molar-refractivity contribution >= 4 is 0 Å². The molecule has 0 aromatic carbocycles. The van der Waals surface area contributed by atoms with E-state index in [1.54, 1.807) is 7.11 Å². The Morgan fingerprint density at radius 2 is 2.22 bits per heavy atom. The maximum absolute atomic E-state index is 9.09. The Morgan fingerprint density at radius 3 is 2.89 bits per heavy atom. The molecule has 1 rings (SSSR count). The standard InChI is InChI=1S/C14H30N2O2/c1-14(15,12-17)7-3-4-8-16-9-5-6-13(10-16)11-18-2/h13,17H,3-12,15H2,1-2H3. The third-order valence-corrected chi connectivity index (χ3v) is 3.84. The summed E-state index contributed by atoms with van der Waals surface area (Å²) in [6, 6.07) is 0. The number of rotatable bonds is 8. The second-order valence-corrected chi connectivity index (χ2v) is 6.03. The summed E-state index contributed by atoms with van der Waals surface area (Å²) in [6.45, 7) is 6.44. The molecule has 18 heavy (non-hydrogen) atoms. The summed E-state index contributed by atoms with van der Waals surface area (Å²) in [5.74, 6) is 0.709. The Kier molecular flexibility index (Phi) is 7.15. The van der Waals surface area contributed by atoms with Gasteiger partial charge >= 0.3 is 0 Å². The fourth-order valence-electron chi connectivity index (χ4n) is 2.67. The van der Waals surface area contributed by atoms with Gasteiger partial charge in [-0.1, -0.05) is 6.42 Å². The number of aliphatic hydroxyl groups is 1. The minimum atomic E-state index is -0.402. The van der Waals surface area contributed by atoms with Crippen molar-refractivity contribution in [2.24, 2.45) is 11.7 Å². The Balaban J connectivity index is 2.11. The quantitative estimate of drug-likeness (QED) is 0.643. The molecular weight excluding hydrogens is 228 g/mol. The molecule has 0 spiro atoms. The van der Waals surface area contributed by atoms with Crippen LogP contribution in [0.25, 0.3) is 0 Å². The first-order valence-electron chi connectivity index (χ1n) is 7.18. The van der Waals surface area contributed by atoms with E-state index in [0.29, 0.717) is 5.92 Å². The van der Waals surface area contributed by atoms with Crippen LogP contribution in [0, 0.1) is 5.92 Å². The molecule has 1 heterocycles. The second kappa shape index (κ2) is 8.10. The highest BCUT2D eigenvalue weighted by atomic mass is 16.5. The van der Waals surface area contributed by atoms with Gasteiger partial charge in [0.2, 0.25) is 0 Å². The van der Waals surface area contributed by atoms with E-state index >= 15 is 0 Å². The van der Waals surface area contributed by atoms with Crippen LogP contribution in [0.15, 0.2) is 0 Å². The Bertz CT molecular complexity index is 220. The number of unbranched alkanes of at least 4 members (excludes halogenated alkanes) is 1. The van der Waals surface area contributed by atoms with Gasteiger partial charge in [-0.25, -0.2) is 0 Å². The number of nitrogens with zero attached hydrogens (tertiary/aromatic N) is 1. The lowest BCUT2D eigenvalue weighted by atomic mass is 9.96. The Labute approximate surface area is 111 Å². The van der Waals surface area contributed by atoms with Crippen molar-refractivity contribution in [3.8, 4) is 0 Å². The summed E-state index contributed by atoms with van der Waals surface area (Å²) in [7, 11) is 1.79. The van der Waals surface area contributed by atoms with Crippen molar-refractivity contribution in [2.45, 2.75) is 44.6 Å². The predicted molar refractivity (Wildman–Crippen MR) is 74.6 cm³/mol. The number of methoxy groups -OCH3 is 1. The lowest BCUT2D eigenvalue weighted by Crippen LogP contribution is -2.40. The van der Waals surface area contributed by atoms with Gasteiger partial charge in [0, 0.05) is 19.2 Å². The fraction of sp³-hybridized carbons (Fsp3) is 1.00. The van der Waals surface area contributed by atoms with Crippen molar-refractivity contribution < 1.29 is 9.84 Å². The number of hydrogen-bond donors (Lipinski definition) is 2. The summed E-state index contributed by atoms with van der Waals surface area (Å²) in [5.41, 5.74) is 5.51. The summed E-state index contributed by atoms with van der Waals surface area (Å²) in [5, 5.41) is 9.09. The van der Waals surface area contributed by atoms with Crippen molar-refractivity contribution in [3.05, 3.63) is 0 Å². The number of piperidine rings is 1. The molecule has 0 aromatic rings. The van der Waals surface area contributed by atoms with Gasteiger partial charge in [-0.2, -0.15) is 0 Å². The molecule has 2 unspecified atom stereocenters. The molecule has 4 nitrogen and oxygen atoms in total. The average Bonchev–Trinajstić information content (AvgIpc) is 2.36. The topological polar surface area (TPSA) is 58.7 Å². The van der Waals surface area contributed by atoms with E-state index in [1.165, 1.54) is 32.4 Å². The summed E-state index contributed by atoms with van der Waals surface area (Å²) in [6.07, 6.45) is 5.76. The van der Waals surface area contributed by atoms with Crippen LogP contribution in [-0.4, -0.2) is 55.5 Å². The average molecular weight is 258 g/mol. The van der Waals surface area contributed by atoms with Crippen LogP contribution < -0.4 is 5.73 Å². The van der Waals surface area contributed by atoms with E-state index in [0.717, 1.165) is 26.0 Å². The number of ether oxygens (including phenoxy) is 1. The Hall–Kier alpha value is -0.160. The smallest absolute Gasteiger partial charge is 0.0608 e. The molecular formula is C14H30N2O2. The third kappa shape index (κ3) is 6.14. The zero-order chi connectivity index (χ0) is 13.4. The monoisotopic (exact) mass is 258 g/mol. The molecule has 0 amide bonds. The minimum Gasteiger partial charge on any atom is -0.394 e. The first kappa shape index (κ1) is 15.9. The zero-order valence-electron chi connectivity index (χ0n) is 12.0. The van der Waals surface area contributed by atoms with E-state index in [9.17, 15) is 0 Å². The van der Waals surface area contributed by atoms with E-state index in [4.69, 9.17) is 15.6 Å². The first-order valence-corrected chi connectivity index (χ1v) is 7.18. The van der Waals surface area contributed by atoms with Gasteiger partial charge in [0.15, 0.2) is 0 Å². The molecule has 1 fully saturated rings. The number of nitrogens with two attached hydrogens (primary N) is 1. The van der Waals surface area contributed by atoms with Crippen molar-refractivity contribution in [2.75, 3.05) is 40.0 Å². The molecule has 3 N–H and O–H groups in total.